The van der Waals surface area contributed by atoms with Crippen molar-refractivity contribution in [1.29, 1.82) is 0 Å². The molecule has 0 saturated heterocycles. The number of nitrogens with one attached hydrogen (secondary N) is 3. The van der Waals surface area contributed by atoms with Crippen LogP contribution in [0, 0.1) is 5.92 Å². The summed E-state index contributed by atoms with van der Waals surface area (Å²) in [6.07, 6.45) is 0.783. The van der Waals surface area contributed by atoms with E-state index in [1.165, 1.54) is 12.1 Å². The fourth-order valence-corrected chi connectivity index (χ4v) is 3.47. The first-order valence-electron chi connectivity index (χ1n) is 12.0. The zero-order valence-corrected chi connectivity index (χ0v) is 21.1. The maximum Gasteiger partial charge on any atom is 0.326 e. The van der Waals surface area contributed by atoms with E-state index >= 15 is 0 Å². The lowest BCUT2D eigenvalue weighted by atomic mass is 10.0. The molecule has 13 heteroatoms. The van der Waals surface area contributed by atoms with Gasteiger partial charge in [0.15, 0.2) is 0 Å². The zero-order chi connectivity index (χ0) is 28.1. The number of nitrogens with two attached hydrogens (primary N) is 3. The zero-order valence-electron chi connectivity index (χ0n) is 21.1. The third-order valence-electron chi connectivity index (χ3n) is 5.58. The van der Waals surface area contributed by atoms with E-state index in [1.807, 2.05) is 0 Å². The predicted molar refractivity (Wildman–Crippen MR) is 135 cm³/mol. The highest BCUT2D eigenvalue weighted by atomic mass is 16.4. The van der Waals surface area contributed by atoms with E-state index in [0.29, 0.717) is 24.9 Å². The Balaban J connectivity index is 3.15. The monoisotopic (exact) mass is 522 g/mol. The lowest BCUT2D eigenvalue weighted by Gasteiger charge is -2.26. The van der Waals surface area contributed by atoms with Gasteiger partial charge in [0.05, 0.1) is 12.5 Å². The second-order valence-electron chi connectivity index (χ2n) is 9.12. The number of carbonyl (C=O) groups is 5. The molecule has 1 rings (SSSR count). The Bertz CT molecular complexity index is 938. The van der Waals surface area contributed by atoms with Crippen molar-refractivity contribution in [2.45, 2.75) is 70.1 Å². The van der Waals surface area contributed by atoms with Crippen LogP contribution in [0.4, 0.5) is 0 Å². The number of aliphatic carboxylic acids is 1. The molecule has 0 aliphatic carbocycles. The number of carboxylic acid groups (broad SMARTS) is 1. The quantitative estimate of drug-likeness (QED) is 0.117. The number of aromatic hydroxyl groups is 1. The fourth-order valence-electron chi connectivity index (χ4n) is 3.47. The number of hydrogen-bond acceptors (Lipinski definition) is 8. The topological polar surface area (TPSA) is 240 Å². The maximum atomic E-state index is 13.2. The van der Waals surface area contributed by atoms with E-state index < -0.39 is 66.1 Å². The molecule has 0 bridgehead atoms. The van der Waals surface area contributed by atoms with E-state index in [4.69, 9.17) is 17.2 Å². The number of carboxylic acids is 1. The second-order valence-corrected chi connectivity index (χ2v) is 9.12. The standard InChI is InChI=1S/C24H38N6O7/c1-13(2)20(24(36)37)30-23(35)18(11-14-6-8-15(31)9-7-14)29-22(34)17(5-3-4-10-25)28-21(33)16(26)12-19(27)32/h6-9,13,16-18,20,31H,3-5,10-12,25-26H2,1-2H3,(H2,27,32)(H,28,33)(H,29,34)(H,30,35)(H,36,37). The first-order chi connectivity index (χ1) is 17.3. The van der Waals surface area contributed by atoms with Crippen LogP contribution >= 0.6 is 0 Å². The normalized spacial score (nSPS) is 14.2. The number of primary amides is 1. The number of carbonyl (C=O) groups excluding carboxylic acids is 4. The minimum absolute atomic E-state index is 0.00881. The van der Waals surface area contributed by atoms with Crippen LogP contribution < -0.4 is 33.2 Å². The Labute approximate surface area is 215 Å². The first-order valence-corrected chi connectivity index (χ1v) is 12.0. The Morgan fingerprint density at radius 3 is 1.97 bits per heavy atom. The summed E-state index contributed by atoms with van der Waals surface area (Å²) in [7, 11) is 0. The van der Waals surface area contributed by atoms with Gasteiger partial charge in [0.2, 0.25) is 23.6 Å². The molecule has 206 valence electrons. The molecule has 0 aliphatic heterocycles. The van der Waals surface area contributed by atoms with Crippen molar-refractivity contribution in [2.24, 2.45) is 23.1 Å². The molecule has 0 heterocycles. The molecule has 0 fully saturated rings. The van der Waals surface area contributed by atoms with Crippen molar-refractivity contribution in [3.8, 4) is 5.75 Å². The summed E-state index contributed by atoms with van der Waals surface area (Å²) in [4.78, 5) is 61.5. The SMILES string of the molecule is CC(C)C(NC(=O)C(Cc1ccc(O)cc1)NC(=O)C(CCCCN)NC(=O)C(N)CC(N)=O)C(=O)O. The van der Waals surface area contributed by atoms with Crippen molar-refractivity contribution in [1.82, 2.24) is 16.0 Å². The molecule has 11 N–H and O–H groups in total. The molecule has 4 atom stereocenters. The second kappa shape index (κ2) is 15.4. The number of rotatable bonds is 16. The van der Waals surface area contributed by atoms with Crippen molar-refractivity contribution >= 4 is 29.6 Å². The molecule has 13 nitrogen and oxygen atoms in total. The smallest absolute Gasteiger partial charge is 0.326 e. The third kappa shape index (κ3) is 11.3. The molecule has 0 aliphatic rings. The van der Waals surface area contributed by atoms with Crippen LogP contribution in [0.1, 0.15) is 45.1 Å². The molecule has 1 aromatic rings. The molecular weight excluding hydrogens is 484 g/mol. The number of benzene rings is 1. The summed E-state index contributed by atoms with van der Waals surface area (Å²) in [5.41, 5.74) is 16.9. The van der Waals surface area contributed by atoms with Crippen LogP contribution in [0.5, 0.6) is 5.75 Å². The largest absolute Gasteiger partial charge is 0.508 e. The van der Waals surface area contributed by atoms with Gasteiger partial charge < -0.3 is 43.4 Å². The predicted octanol–water partition coefficient (Wildman–Crippen LogP) is -1.54. The molecular formula is C24H38N6O7. The van der Waals surface area contributed by atoms with Gasteiger partial charge in [0.25, 0.3) is 0 Å². The van der Waals surface area contributed by atoms with Crippen molar-refractivity contribution in [3.05, 3.63) is 29.8 Å². The van der Waals surface area contributed by atoms with Gasteiger partial charge in [-0.2, -0.15) is 0 Å². The van der Waals surface area contributed by atoms with Gasteiger partial charge in [-0.15, -0.1) is 0 Å². The molecule has 0 saturated carbocycles. The summed E-state index contributed by atoms with van der Waals surface area (Å²) >= 11 is 0. The van der Waals surface area contributed by atoms with Crippen molar-refractivity contribution in [2.75, 3.05) is 6.54 Å². The first kappa shape index (κ1) is 31.3. The summed E-state index contributed by atoms with van der Waals surface area (Å²) in [5, 5.41) is 26.5. The van der Waals surface area contributed by atoms with Crippen molar-refractivity contribution in [3.63, 3.8) is 0 Å². The Hall–Kier alpha value is -3.71. The lowest BCUT2D eigenvalue weighted by molar-refractivity contribution is -0.143. The van der Waals surface area contributed by atoms with Crippen LogP contribution in [0.2, 0.25) is 0 Å². The maximum absolute atomic E-state index is 13.2. The van der Waals surface area contributed by atoms with Gasteiger partial charge in [-0.25, -0.2) is 4.79 Å². The lowest BCUT2D eigenvalue weighted by Crippen LogP contribution is -2.58. The van der Waals surface area contributed by atoms with Gasteiger partial charge in [-0.1, -0.05) is 26.0 Å². The Kier molecular flexibility index (Phi) is 13.0. The number of phenols is 1. The summed E-state index contributed by atoms with van der Waals surface area (Å²) in [5.74, 6) is -4.64. The fraction of sp³-hybridized carbons (Fsp3) is 0.542. The highest BCUT2D eigenvalue weighted by Gasteiger charge is 2.31. The summed E-state index contributed by atoms with van der Waals surface area (Å²) in [6, 6.07) is 1.18. The van der Waals surface area contributed by atoms with Crippen LogP contribution in [0.25, 0.3) is 0 Å². The Morgan fingerprint density at radius 2 is 1.46 bits per heavy atom. The average Bonchev–Trinajstić information content (AvgIpc) is 2.81. The minimum Gasteiger partial charge on any atom is -0.508 e. The van der Waals surface area contributed by atoms with Crippen LogP contribution in [-0.4, -0.2) is 70.5 Å². The van der Waals surface area contributed by atoms with Crippen LogP contribution in [-0.2, 0) is 30.4 Å². The van der Waals surface area contributed by atoms with Gasteiger partial charge in [-0.3, -0.25) is 19.2 Å². The highest BCUT2D eigenvalue weighted by Crippen LogP contribution is 2.13. The third-order valence-corrected chi connectivity index (χ3v) is 5.58. The molecule has 4 unspecified atom stereocenters. The highest BCUT2D eigenvalue weighted by molar-refractivity contribution is 5.95. The number of amides is 4. The molecule has 0 radical (unpaired) electrons. The van der Waals surface area contributed by atoms with Gasteiger partial charge >= 0.3 is 5.97 Å². The molecule has 0 spiro atoms. The van der Waals surface area contributed by atoms with E-state index in [9.17, 15) is 34.2 Å². The molecule has 1 aromatic carbocycles. The van der Waals surface area contributed by atoms with Gasteiger partial charge in [0, 0.05) is 6.42 Å². The van der Waals surface area contributed by atoms with E-state index in [0.717, 1.165) is 0 Å². The summed E-state index contributed by atoms with van der Waals surface area (Å²) in [6.45, 7) is 3.62. The summed E-state index contributed by atoms with van der Waals surface area (Å²) < 4.78 is 0. The minimum atomic E-state index is -1.26. The molecule has 4 amide bonds. The van der Waals surface area contributed by atoms with Gasteiger partial charge in [0.1, 0.15) is 23.9 Å². The molecule has 37 heavy (non-hydrogen) atoms. The van der Waals surface area contributed by atoms with Crippen LogP contribution in [0.3, 0.4) is 0 Å². The number of phenolic OH excluding ortho intramolecular Hbond substituents is 1. The Morgan fingerprint density at radius 1 is 0.892 bits per heavy atom. The van der Waals surface area contributed by atoms with Gasteiger partial charge in [-0.05, 0) is 49.4 Å². The van der Waals surface area contributed by atoms with Crippen LogP contribution in [0.15, 0.2) is 24.3 Å². The van der Waals surface area contributed by atoms with E-state index in [1.54, 1.807) is 26.0 Å². The number of hydrogen-bond donors (Lipinski definition) is 8. The van der Waals surface area contributed by atoms with E-state index in [2.05, 4.69) is 16.0 Å². The van der Waals surface area contributed by atoms with Crippen molar-refractivity contribution < 1.29 is 34.2 Å². The number of unbranched alkanes of at least 4 members (excludes halogenated alkanes) is 1. The van der Waals surface area contributed by atoms with E-state index in [-0.39, 0.29) is 18.6 Å². The molecule has 0 aromatic heterocycles. The average molecular weight is 523 g/mol.